The van der Waals surface area contributed by atoms with Gasteiger partial charge >= 0.3 is 5.97 Å². The summed E-state index contributed by atoms with van der Waals surface area (Å²) < 4.78 is 4.56. The zero-order valence-corrected chi connectivity index (χ0v) is 24.9. The number of anilines is 1. The third-order valence-electron chi connectivity index (χ3n) is 7.99. The number of hydrogen-bond donors (Lipinski definition) is 1. The molecule has 1 spiro atoms. The van der Waals surface area contributed by atoms with Crippen LogP contribution in [0.3, 0.4) is 0 Å². The van der Waals surface area contributed by atoms with E-state index in [1.165, 1.54) is 22.7 Å². The van der Waals surface area contributed by atoms with E-state index in [1.807, 2.05) is 30.3 Å². The van der Waals surface area contributed by atoms with Crippen molar-refractivity contribution in [1.82, 2.24) is 4.90 Å². The van der Waals surface area contributed by atoms with E-state index in [0.717, 1.165) is 0 Å². The van der Waals surface area contributed by atoms with E-state index in [-0.39, 0.29) is 41.6 Å². The maximum Gasteiger partial charge on any atom is 0.311 e. The Kier molecular flexibility index (Phi) is 8.47. The molecule has 3 heterocycles. The average molecular weight is 646 g/mol. The number of amides is 2. The van der Waals surface area contributed by atoms with Crippen LogP contribution in [0, 0.1) is 11.8 Å². The van der Waals surface area contributed by atoms with Gasteiger partial charge in [0, 0.05) is 27.3 Å². The number of aliphatic hydroxyl groups is 1. The zero-order valence-electron chi connectivity index (χ0n) is 21.7. The van der Waals surface area contributed by atoms with Gasteiger partial charge < -0.3 is 19.6 Å². The number of fused-ring (bicyclic) bond motifs is 1. The number of thioether (sulfide) groups is 1. The van der Waals surface area contributed by atoms with E-state index in [0.29, 0.717) is 22.7 Å². The Hall–Kier alpha value is -2.59. The van der Waals surface area contributed by atoms with Crippen molar-refractivity contribution in [2.24, 2.45) is 11.8 Å². The van der Waals surface area contributed by atoms with Crippen LogP contribution in [0.2, 0.25) is 5.02 Å². The molecular weight excluding hydrogens is 616 g/mol. The van der Waals surface area contributed by atoms with Crippen LogP contribution in [0.15, 0.2) is 79.9 Å². The molecule has 0 aromatic heterocycles. The first-order chi connectivity index (χ1) is 19.3. The molecule has 3 unspecified atom stereocenters. The predicted octanol–water partition coefficient (Wildman–Crippen LogP) is 4.79. The van der Waals surface area contributed by atoms with E-state index in [9.17, 15) is 19.5 Å². The fraction of sp³-hybridized carbons (Fsp3) is 0.367. The predicted molar refractivity (Wildman–Crippen MR) is 160 cm³/mol. The van der Waals surface area contributed by atoms with Crippen LogP contribution in [-0.2, 0) is 19.1 Å². The molecule has 2 aromatic rings. The van der Waals surface area contributed by atoms with Crippen molar-refractivity contribution in [2.75, 3.05) is 24.7 Å². The van der Waals surface area contributed by atoms with Crippen molar-refractivity contribution in [1.29, 1.82) is 0 Å². The molecule has 7 atom stereocenters. The van der Waals surface area contributed by atoms with Crippen LogP contribution in [-0.4, -0.2) is 68.4 Å². The lowest BCUT2D eigenvalue weighted by atomic mass is 9.71. The van der Waals surface area contributed by atoms with Crippen molar-refractivity contribution in [2.45, 2.75) is 33.3 Å². The number of likely N-dealkylation sites (tertiary alicyclic amines) is 1. The van der Waals surface area contributed by atoms with Gasteiger partial charge in [-0.15, -0.1) is 18.3 Å². The highest BCUT2D eigenvalue weighted by atomic mass is 79.9. The number of nitrogens with zero attached hydrogens (tertiary/aromatic N) is 2. The largest absolute Gasteiger partial charge is 0.461 e. The average Bonchev–Trinajstić information content (AvgIpc) is 3.55. The molecule has 2 aromatic carbocycles. The first kappa shape index (κ1) is 28.9. The van der Waals surface area contributed by atoms with Gasteiger partial charge in [0.1, 0.15) is 12.6 Å². The molecule has 210 valence electrons. The summed E-state index contributed by atoms with van der Waals surface area (Å²) >= 11 is 11.4. The summed E-state index contributed by atoms with van der Waals surface area (Å²) in [5, 5.41) is 10.9. The standard InChI is InChI=1S/C30H30BrClN2O5S/c1-3-14-33(20-12-10-19(32)11-13-20)28(37)26-30-16-21(31)25(40-30)23(29(38)39-15-4-2)24(30)27(36)34(26)22(17-35)18-8-6-5-7-9-18/h3-13,21-26,35H,1-2,14-17H2/t21?,22-,23-,24+,25-,26?,30?/m1/s1. The van der Waals surface area contributed by atoms with Crippen molar-refractivity contribution in [3.8, 4) is 0 Å². The van der Waals surface area contributed by atoms with Gasteiger partial charge in [0.25, 0.3) is 5.91 Å². The fourth-order valence-electron chi connectivity index (χ4n) is 6.44. The van der Waals surface area contributed by atoms with E-state index in [1.54, 1.807) is 35.2 Å². The van der Waals surface area contributed by atoms with Gasteiger partial charge in [0.15, 0.2) is 0 Å². The number of alkyl halides is 1. The second-order valence-corrected chi connectivity index (χ2v) is 13.3. The van der Waals surface area contributed by atoms with E-state index >= 15 is 0 Å². The lowest BCUT2D eigenvalue weighted by Crippen LogP contribution is -2.56. The Morgan fingerprint density at radius 3 is 2.52 bits per heavy atom. The molecule has 3 aliphatic heterocycles. The lowest BCUT2D eigenvalue weighted by molar-refractivity contribution is -0.153. The SMILES string of the molecule is C=CCOC(=O)[C@H]1[C@@H]2SC3(CC2Br)C(C(=O)N(CC=C)c2ccc(Cl)cc2)N([C@H](CO)c2ccccc2)C(=O)[C@H]13. The number of carbonyl (C=O) groups excluding carboxylic acids is 3. The molecule has 7 nitrogen and oxygen atoms in total. The Labute approximate surface area is 251 Å². The van der Waals surface area contributed by atoms with Crippen LogP contribution in [0.1, 0.15) is 18.0 Å². The summed E-state index contributed by atoms with van der Waals surface area (Å²) in [5.74, 6) is -2.63. The van der Waals surface area contributed by atoms with Crippen molar-refractivity contribution in [3.05, 3.63) is 90.5 Å². The van der Waals surface area contributed by atoms with Gasteiger partial charge in [0.05, 0.1) is 29.2 Å². The number of halogens is 2. The minimum absolute atomic E-state index is 0.0343. The van der Waals surface area contributed by atoms with Crippen LogP contribution in [0.5, 0.6) is 0 Å². The minimum Gasteiger partial charge on any atom is -0.461 e. The Morgan fingerprint density at radius 2 is 1.90 bits per heavy atom. The van der Waals surface area contributed by atoms with Crippen LogP contribution < -0.4 is 4.90 Å². The molecule has 40 heavy (non-hydrogen) atoms. The molecule has 0 radical (unpaired) electrons. The Morgan fingerprint density at radius 1 is 1.20 bits per heavy atom. The smallest absolute Gasteiger partial charge is 0.311 e. The molecular formula is C30H30BrClN2O5S. The molecule has 3 aliphatic rings. The first-order valence-electron chi connectivity index (χ1n) is 13.0. The van der Waals surface area contributed by atoms with Crippen LogP contribution in [0.25, 0.3) is 0 Å². The highest BCUT2D eigenvalue weighted by molar-refractivity contribution is 9.09. The van der Waals surface area contributed by atoms with Crippen molar-refractivity contribution >= 4 is 62.8 Å². The Balaban J connectivity index is 1.65. The maximum absolute atomic E-state index is 14.7. The number of aliphatic hydroxyl groups excluding tert-OH is 1. The molecule has 1 N–H and O–H groups in total. The lowest BCUT2D eigenvalue weighted by Gasteiger charge is -2.40. The molecule has 10 heteroatoms. The summed E-state index contributed by atoms with van der Waals surface area (Å²) in [6.07, 6.45) is 3.63. The quantitative estimate of drug-likeness (QED) is 0.227. The van der Waals surface area contributed by atoms with E-state index < -0.39 is 34.6 Å². The van der Waals surface area contributed by atoms with Gasteiger partial charge in [-0.2, -0.15) is 0 Å². The van der Waals surface area contributed by atoms with Crippen molar-refractivity contribution < 1.29 is 24.2 Å². The van der Waals surface area contributed by atoms with Crippen LogP contribution in [0.4, 0.5) is 5.69 Å². The van der Waals surface area contributed by atoms with Gasteiger partial charge in [0.2, 0.25) is 5.91 Å². The van der Waals surface area contributed by atoms with Crippen LogP contribution >= 0.6 is 39.3 Å². The summed E-state index contributed by atoms with van der Waals surface area (Å²) in [7, 11) is 0. The number of esters is 1. The van der Waals surface area contributed by atoms with Gasteiger partial charge in [-0.1, -0.05) is 76.6 Å². The normalized spacial score (nSPS) is 29.1. The number of rotatable bonds is 10. The minimum atomic E-state index is -0.953. The van der Waals surface area contributed by atoms with Crippen molar-refractivity contribution in [3.63, 3.8) is 0 Å². The van der Waals surface area contributed by atoms with Gasteiger partial charge in [-0.3, -0.25) is 14.4 Å². The topological polar surface area (TPSA) is 87.2 Å². The molecule has 2 bridgehead atoms. The molecule has 0 saturated carbocycles. The Bertz CT molecular complexity index is 1310. The molecule has 2 amide bonds. The highest BCUT2D eigenvalue weighted by Gasteiger charge is 2.76. The molecule has 5 rings (SSSR count). The van der Waals surface area contributed by atoms with Gasteiger partial charge in [-0.05, 0) is 36.2 Å². The summed E-state index contributed by atoms with van der Waals surface area (Å²) in [4.78, 5) is 45.6. The first-order valence-corrected chi connectivity index (χ1v) is 15.2. The molecule has 0 aliphatic carbocycles. The highest BCUT2D eigenvalue weighted by Crippen LogP contribution is 2.68. The second kappa shape index (κ2) is 11.7. The fourth-order valence-corrected chi connectivity index (χ4v) is 10.1. The number of benzene rings is 2. The van der Waals surface area contributed by atoms with Gasteiger partial charge in [-0.25, -0.2) is 0 Å². The third-order valence-corrected chi connectivity index (χ3v) is 11.5. The summed E-state index contributed by atoms with van der Waals surface area (Å²) in [5.41, 5.74) is 1.31. The maximum atomic E-state index is 14.7. The summed E-state index contributed by atoms with van der Waals surface area (Å²) in [6, 6.07) is 14.3. The second-order valence-electron chi connectivity index (χ2n) is 10.2. The number of ether oxygens (including phenoxy) is 1. The number of carbonyl (C=O) groups is 3. The monoisotopic (exact) mass is 644 g/mol. The molecule has 3 fully saturated rings. The zero-order chi connectivity index (χ0) is 28.6. The van der Waals surface area contributed by atoms with E-state index in [4.69, 9.17) is 16.3 Å². The van der Waals surface area contributed by atoms with E-state index in [2.05, 4.69) is 29.1 Å². The number of hydrogen-bond acceptors (Lipinski definition) is 6. The summed E-state index contributed by atoms with van der Waals surface area (Å²) in [6.45, 7) is 7.33. The third kappa shape index (κ3) is 4.70. The molecule has 3 saturated heterocycles.